The summed E-state index contributed by atoms with van der Waals surface area (Å²) in [6, 6.07) is 56.4. The third-order valence-electron chi connectivity index (χ3n) is 9.99. The van der Waals surface area contributed by atoms with Crippen LogP contribution in [0.2, 0.25) is 0 Å². The summed E-state index contributed by atoms with van der Waals surface area (Å²) in [5.41, 5.74) is 8.55. The first-order valence-electron chi connectivity index (χ1n) is 16.5. The van der Waals surface area contributed by atoms with Crippen LogP contribution in [-0.4, -0.2) is 9.55 Å². The van der Waals surface area contributed by atoms with E-state index in [1.165, 1.54) is 63.9 Å². The molecule has 4 heteroatoms. The van der Waals surface area contributed by atoms with E-state index in [4.69, 9.17) is 9.40 Å². The van der Waals surface area contributed by atoms with Gasteiger partial charge in [-0.05, 0) is 64.2 Å². The fourth-order valence-corrected chi connectivity index (χ4v) is 9.05. The lowest BCUT2D eigenvalue weighted by molar-refractivity contribution is 0.621. The molecule has 0 spiro atoms. The summed E-state index contributed by atoms with van der Waals surface area (Å²) in [6.07, 6.45) is 0. The van der Waals surface area contributed by atoms with Crippen LogP contribution in [0.1, 0.15) is 0 Å². The largest absolute Gasteiger partial charge is 0.436 e. The van der Waals surface area contributed by atoms with E-state index in [1.54, 1.807) is 0 Å². The molecule has 3 aromatic heterocycles. The zero-order valence-corrected chi connectivity index (χ0v) is 27.0. The average Bonchev–Trinajstić information content (AvgIpc) is 3.86. The Balaban J connectivity index is 1.23. The average molecular weight is 643 g/mol. The molecule has 3 heterocycles. The van der Waals surface area contributed by atoms with Gasteiger partial charge in [-0.2, -0.15) is 0 Å². The highest BCUT2D eigenvalue weighted by atomic mass is 32.1. The number of benzene rings is 8. The van der Waals surface area contributed by atoms with Crippen LogP contribution in [0.25, 0.3) is 103 Å². The maximum absolute atomic E-state index is 6.88. The van der Waals surface area contributed by atoms with Gasteiger partial charge < -0.3 is 8.98 Å². The lowest BCUT2D eigenvalue weighted by Crippen LogP contribution is -1.94. The van der Waals surface area contributed by atoms with Crippen LogP contribution in [0.15, 0.2) is 162 Å². The van der Waals surface area contributed by atoms with Crippen molar-refractivity contribution in [2.75, 3.05) is 0 Å². The van der Waals surface area contributed by atoms with Gasteiger partial charge in [0.25, 0.3) is 0 Å². The van der Waals surface area contributed by atoms with E-state index in [0.29, 0.717) is 5.89 Å². The third-order valence-corrected chi connectivity index (χ3v) is 11.2. The van der Waals surface area contributed by atoms with Crippen molar-refractivity contribution < 1.29 is 4.42 Å². The molecule has 0 saturated heterocycles. The van der Waals surface area contributed by atoms with Crippen LogP contribution in [0.4, 0.5) is 0 Å². The van der Waals surface area contributed by atoms with Crippen molar-refractivity contribution in [1.29, 1.82) is 0 Å². The summed E-state index contributed by atoms with van der Waals surface area (Å²) in [6.45, 7) is 0. The predicted octanol–water partition coefficient (Wildman–Crippen LogP) is 12.9. The molecule has 0 aliphatic rings. The number of hydrogen-bond acceptors (Lipinski definition) is 3. The zero-order chi connectivity index (χ0) is 32.1. The number of nitrogens with zero attached hydrogens (tertiary/aromatic N) is 2. The van der Waals surface area contributed by atoms with Gasteiger partial charge in [0.15, 0.2) is 5.58 Å². The molecule has 228 valence electrons. The van der Waals surface area contributed by atoms with Crippen molar-refractivity contribution in [3.05, 3.63) is 158 Å². The van der Waals surface area contributed by atoms with E-state index in [2.05, 4.69) is 162 Å². The Morgan fingerprint density at radius 1 is 0.531 bits per heavy atom. The van der Waals surface area contributed by atoms with Crippen LogP contribution in [0, 0.1) is 0 Å². The highest BCUT2D eigenvalue weighted by molar-refractivity contribution is 7.26. The van der Waals surface area contributed by atoms with Gasteiger partial charge in [0.05, 0.1) is 11.0 Å². The third kappa shape index (κ3) is 3.86. The Hall–Kier alpha value is -6.23. The molecule has 0 aliphatic heterocycles. The van der Waals surface area contributed by atoms with Gasteiger partial charge >= 0.3 is 0 Å². The molecular formula is C45H26N2OS. The molecule has 0 fully saturated rings. The van der Waals surface area contributed by atoms with Crippen molar-refractivity contribution in [3.8, 4) is 28.3 Å². The second-order valence-corrected chi connectivity index (χ2v) is 13.8. The molecule has 0 amide bonds. The fourth-order valence-electron chi connectivity index (χ4n) is 7.81. The monoisotopic (exact) mass is 642 g/mol. The number of thiophene rings is 1. The molecule has 0 unspecified atom stereocenters. The molecule has 0 saturated carbocycles. The molecule has 0 N–H and O–H groups in total. The van der Waals surface area contributed by atoms with Gasteiger partial charge in [-0.25, -0.2) is 4.98 Å². The SMILES string of the molecule is c1ccc(-n2c3ccccc3c3cc(-c4nc5c(cc(-c6ccc7ccccc7c6)c6sc7ccccc7c65)o4)c4ccccc4c32)cc1. The van der Waals surface area contributed by atoms with Crippen molar-refractivity contribution in [2.24, 2.45) is 0 Å². The Kier molecular flexibility index (Phi) is 5.54. The summed E-state index contributed by atoms with van der Waals surface area (Å²) in [5.74, 6) is 0.636. The van der Waals surface area contributed by atoms with Gasteiger partial charge in [0.2, 0.25) is 5.89 Å². The maximum Gasteiger partial charge on any atom is 0.227 e. The molecule has 0 aliphatic carbocycles. The summed E-state index contributed by atoms with van der Waals surface area (Å²) in [7, 11) is 0. The zero-order valence-electron chi connectivity index (χ0n) is 26.2. The minimum absolute atomic E-state index is 0.636. The quantitative estimate of drug-likeness (QED) is 0.192. The van der Waals surface area contributed by atoms with E-state index in [1.807, 2.05) is 11.3 Å². The molecule has 3 nitrogen and oxygen atoms in total. The molecule has 11 rings (SSSR count). The topological polar surface area (TPSA) is 31.0 Å². The van der Waals surface area contributed by atoms with Crippen LogP contribution >= 0.6 is 11.3 Å². The van der Waals surface area contributed by atoms with E-state index in [-0.39, 0.29) is 0 Å². The highest BCUT2D eigenvalue weighted by Crippen LogP contribution is 2.47. The predicted molar refractivity (Wildman–Crippen MR) is 207 cm³/mol. The summed E-state index contributed by atoms with van der Waals surface area (Å²) in [4.78, 5) is 5.35. The van der Waals surface area contributed by atoms with Gasteiger partial charge in [0, 0.05) is 53.1 Å². The minimum atomic E-state index is 0.636. The minimum Gasteiger partial charge on any atom is -0.436 e. The number of oxazole rings is 1. The summed E-state index contributed by atoms with van der Waals surface area (Å²) in [5, 5.41) is 9.49. The van der Waals surface area contributed by atoms with Crippen molar-refractivity contribution in [3.63, 3.8) is 0 Å². The Labute approximate surface area is 284 Å². The molecule has 0 radical (unpaired) electrons. The maximum atomic E-state index is 6.88. The second kappa shape index (κ2) is 10.1. The van der Waals surface area contributed by atoms with E-state index >= 15 is 0 Å². The van der Waals surface area contributed by atoms with E-state index in [9.17, 15) is 0 Å². The molecule has 11 aromatic rings. The molecule has 49 heavy (non-hydrogen) atoms. The van der Waals surface area contributed by atoms with Crippen molar-refractivity contribution in [2.45, 2.75) is 0 Å². The second-order valence-electron chi connectivity index (χ2n) is 12.7. The number of fused-ring (bicyclic) bond motifs is 11. The normalized spacial score (nSPS) is 12.1. The Morgan fingerprint density at radius 2 is 1.24 bits per heavy atom. The van der Waals surface area contributed by atoms with Crippen LogP contribution in [-0.2, 0) is 0 Å². The lowest BCUT2D eigenvalue weighted by atomic mass is 9.99. The smallest absolute Gasteiger partial charge is 0.227 e. The van der Waals surface area contributed by atoms with E-state index in [0.717, 1.165) is 33.1 Å². The van der Waals surface area contributed by atoms with Gasteiger partial charge in [-0.15, -0.1) is 11.3 Å². The van der Waals surface area contributed by atoms with Crippen molar-refractivity contribution in [1.82, 2.24) is 9.55 Å². The summed E-state index contributed by atoms with van der Waals surface area (Å²) >= 11 is 1.83. The first-order valence-corrected chi connectivity index (χ1v) is 17.4. The number of rotatable bonds is 3. The lowest BCUT2D eigenvalue weighted by Gasteiger charge is -2.11. The first-order chi connectivity index (χ1) is 24.3. The van der Waals surface area contributed by atoms with Gasteiger partial charge in [-0.1, -0.05) is 115 Å². The Morgan fingerprint density at radius 3 is 2.12 bits per heavy atom. The first kappa shape index (κ1) is 26.8. The Bertz CT molecular complexity index is 3110. The number of para-hydroxylation sites is 2. The van der Waals surface area contributed by atoms with Crippen molar-refractivity contribution >= 4 is 86.0 Å². The number of aromatic nitrogens is 2. The van der Waals surface area contributed by atoms with E-state index < -0.39 is 0 Å². The van der Waals surface area contributed by atoms with Crippen LogP contribution in [0.5, 0.6) is 0 Å². The summed E-state index contributed by atoms with van der Waals surface area (Å²) < 4.78 is 11.7. The molecule has 0 bridgehead atoms. The van der Waals surface area contributed by atoms with Crippen LogP contribution < -0.4 is 0 Å². The highest BCUT2D eigenvalue weighted by Gasteiger charge is 2.23. The molecule has 0 atom stereocenters. The fraction of sp³-hybridized carbons (Fsp3) is 0. The number of hydrogen-bond donors (Lipinski definition) is 0. The van der Waals surface area contributed by atoms with Crippen LogP contribution in [0.3, 0.4) is 0 Å². The standard InChI is InChI=1S/C45H26N2OS/c1-2-14-30(15-3-1)47-38-20-10-8-17-32(38)36-25-37(31-16-6-7-18-33(31)43(36)47)45-46-42-39(48-45)26-35(29-23-22-27-12-4-5-13-28(27)24-29)44-41(42)34-19-9-11-21-40(34)49-44/h1-26H. The van der Waals surface area contributed by atoms with Gasteiger partial charge in [0.1, 0.15) is 5.52 Å². The molecular weight excluding hydrogens is 617 g/mol. The molecule has 8 aromatic carbocycles. The van der Waals surface area contributed by atoms with Gasteiger partial charge in [-0.3, -0.25) is 0 Å².